The van der Waals surface area contributed by atoms with Gasteiger partial charge in [0.25, 0.3) is 0 Å². The van der Waals surface area contributed by atoms with Gasteiger partial charge in [-0.1, -0.05) is 0 Å². The Morgan fingerprint density at radius 2 is 2.00 bits per heavy atom. The van der Waals surface area contributed by atoms with Gasteiger partial charge in [0.15, 0.2) is 0 Å². The number of nitrogens with two attached hydrogens (primary N) is 1. The van der Waals surface area contributed by atoms with E-state index < -0.39 is 0 Å². The first kappa shape index (κ1) is 9.01. The number of rotatable bonds is 2. The van der Waals surface area contributed by atoms with Crippen LogP contribution in [-0.2, 0) is 4.74 Å². The SMILES string of the molecule is CCO[C@H]1CC[C@](C)(N)CC1. The predicted molar refractivity (Wildman–Crippen MR) is 46.5 cm³/mol. The zero-order valence-corrected chi connectivity index (χ0v) is 7.60. The Bertz CT molecular complexity index is 113. The van der Waals surface area contributed by atoms with Gasteiger partial charge < -0.3 is 10.5 Å². The molecule has 0 aromatic rings. The van der Waals surface area contributed by atoms with E-state index >= 15 is 0 Å². The van der Waals surface area contributed by atoms with E-state index in [0.29, 0.717) is 6.10 Å². The summed E-state index contributed by atoms with van der Waals surface area (Å²) in [6, 6.07) is 0. The van der Waals surface area contributed by atoms with Gasteiger partial charge in [-0.3, -0.25) is 0 Å². The van der Waals surface area contributed by atoms with Gasteiger partial charge in [-0.2, -0.15) is 0 Å². The van der Waals surface area contributed by atoms with Crippen molar-refractivity contribution in [1.29, 1.82) is 0 Å². The van der Waals surface area contributed by atoms with Crippen LogP contribution in [0.2, 0.25) is 0 Å². The Labute approximate surface area is 69.1 Å². The Hall–Kier alpha value is -0.0800. The molecule has 0 unspecified atom stereocenters. The summed E-state index contributed by atoms with van der Waals surface area (Å²) in [7, 11) is 0. The normalized spacial score (nSPS) is 39.0. The Balaban J connectivity index is 2.25. The third-order valence-corrected chi connectivity index (χ3v) is 2.48. The minimum atomic E-state index is 0.0770. The van der Waals surface area contributed by atoms with Crippen LogP contribution in [-0.4, -0.2) is 18.2 Å². The molecule has 0 amide bonds. The highest BCUT2D eigenvalue weighted by Gasteiger charge is 2.27. The molecule has 0 bridgehead atoms. The minimum Gasteiger partial charge on any atom is -0.379 e. The number of ether oxygens (including phenoxy) is 1. The van der Waals surface area contributed by atoms with Crippen molar-refractivity contribution >= 4 is 0 Å². The molecule has 66 valence electrons. The standard InChI is InChI=1S/C9H19NO/c1-3-11-8-4-6-9(2,10)7-5-8/h8H,3-7,10H2,1-2H3/t8-,9-. The van der Waals surface area contributed by atoms with Gasteiger partial charge in [0.05, 0.1) is 6.10 Å². The Morgan fingerprint density at radius 1 is 1.45 bits per heavy atom. The lowest BCUT2D eigenvalue weighted by Crippen LogP contribution is -2.41. The molecule has 11 heavy (non-hydrogen) atoms. The summed E-state index contributed by atoms with van der Waals surface area (Å²) >= 11 is 0. The first-order valence-corrected chi connectivity index (χ1v) is 4.54. The van der Waals surface area contributed by atoms with Crippen LogP contribution in [0.3, 0.4) is 0 Å². The largest absolute Gasteiger partial charge is 0.379 e. The zero-order chi connectivity index (χ0) is 8.32. The van der Waals surface area contributed by atoms with E-state index in [0.717, 1.165) is 32.3 Å². The van der Waals surface area contributed by atoms with Crippen LogP contribution in [0.4, 0.5) is 0 Å². The summed E-state index contributed by atoms with van der Waals surface area (Å²) in [5.74, 6) is 0. The quantitative estimate of drug-likeness (QED) is 0.662. The average Bonchev–Trinajstić information content (AvgIpc) is 1.94. The van der Waals surface area contributed by atoms with E-state index in [4.69, 9.17) is 10.5 Å². The molecule has 0 heterocycles. The molecule has 0 radical (unpaired) electrons. The maximum absolute atomic E-state index is 5.98. The molecule has 1 fully saturated rings. The van der Waals surface area contributed by atoms with E-state index in [2.05, 4.69) is 13.8 Å². The molecule has 2 heteroatoms. The van der Waals surface area contributed by atoms with Gasteiger partial charge in [-0.15, -0.1) is 0 Å². The van der Waals surface area contributed by atoms with Crippen molar-refractivity contribution in [2.75, 3.05) is 6.61 Å². The first-order chi connectivity index (χ1) is 5.14. The molecular formula is C9H19NO. The summed E-state index contributed by atoms with van der Waals surface area (Å²) in [5.41, 5.74) is 6.06. The van der Waals surface area contributed by atoms with Gasteiger partial charge in [0.2, 0.25) is 0 Å². The molecule has 1 rings (SSSR count). The molecule has 0 aliphatic heterocycles. The lowest BCUT2D eigenvalue weighted by atomic mass is 9.83. The number of hydrogen-bond acceptors (Lipinski definition) is 2. The molecule has 0 saturated heterocycles. The fraction of sp³-hybridized carbons (Fsp3) is 1.00. The van der Waals surface area contributed by atoms with Gasteiger partial charge in [0.1, 0.15) is 0 Å². The average molecular weight is 157 g/mol. The third-order valence-electron chi connectivity index (χ3n) is 2.48. The van der Waals surface area contributed by atoms with Crippen LogP contribution in [0, 0.1) is 0 Å². The Kier molecular flexibility index (Phi) is 2.90. The highest BCUT2D eigenvalue weighted by atomic mass is 16.5. The minimum absolute atomic E-state index is 0.0770. The van der Waals surface area contributed by atoms with Crippen molar-refractivity contribution in [2.45, 2.75) is 51.2 Å². The van der Waals surface area contributed by atoms with Crippen molar-refractivity contribution in [2.24, 2.45) is 5.73 Å². The summed E-state index contributed by atoms with van der Waals surface area (Å²) < 4.78 is 5.52. The van der Waals surface area contributed by atoms with Crippen molar-refractivity contribution < 1.29 is 4.74 Å². The van der Waals surface area contributed by atoms with E-state index in [-0.39, 0.29) is 5.54 Å². The van der Waals surface area contributed by atoms with E-state index in [1.165, 1.54) is 0 Å². The second-order valence-corrected chi connectivity index (χ2v) is 3.81. The molecule has 0 aromatic heterocycles. The second kappa shape index (κ2) is 3.55. The lowest BCUT2D eigenvalue weighted by molar-refractivity contribution is 0.0229. The van der Waals surface area contributed by atoms with Crippen LogP contribution < -0.4 is 5.73 Å². The fourth-order valence-electron chi connectivity index (χ4n) is 1.65. The van der Waals surface area contributed by atoms with E-state index in [9.17, 15) is 0 Å². The van der Waals surface area contributed by atoms with Crippen LogP contribution >= 0.6 is 0 Å². The Morgan fingerprint density at radius 3 is 2.45 bits per heavy atom. The van der Waals surface area contributed by atoms with Gasteiger partial charge in [0, 0.05) is 12.1 Å². The molecule has 0 atom stereocenters. The van der Waals surface area contributed by atoms with Gasteiger partial charge in [-0.05, 0) is 39.5 Å². The van der Waals surface area contributed by atoms with Crippen molar-refractivity contribution in [1.82, 2.24) is 0 Å². The maximum atomic E-state index is 5.98. The highest BCUT2D eigenvalue weighted by molar-refractivity contribution is 4.85. The van der Waals surface area contributed by atoms with Gasteiger partial charge in [-0.25, -0.2) is 0 Å². The highest BCUT2D eigenvalue weighted by Crippen LogP contribution is 2.27. The van der Waals surface area contributed by atoms with Crippen molar-refractivity contribution in [3.8, 4) is 0 Å². The molecule has 0 spiro atoms. The van der Waals surface area contributed by atoms with Crippen molar-refractivity contribution in [3.63, 3.8) is 0 Å². The lowest BCUT2D eigenvalue weighted by Gasteiger charge is -2.33. The monoisotopic (exact) mass is 157 g/mol. The maximum Gasteiger partial charge on any atom is 0.0576 e. The van der Waals surface area contributed by atoms with Crippen LogP contribution in [0.25, 0.3) is 0 Å². The topological polar surface area (TPSA) is 35.2 Å². The molecule has 1 aliphatic carbocycles. The fourth-order valence-corrected chi connectivity index (χ4v) is 1.65. The van der Waals surface area contributed by atoms with E-state index in [1.807, 2.05) is 0 Å². The van der Waals surface area contributed by atoms with E-state index in [1.54, 1.807) is 0 Å². The molecule has 0 aromatic carbocycles. The molecule has 1 aliphatic rings. The first-order valence-electron chi connectivity index (χ1n) is 4.54. The zero-order valence-electron chi connectivity index (χ0n) is 7.60. The summed E-state index contributed by atoms with van der Waals surface area (Å²) in [5, 5.41) is 0. The number of hydrogen-bond donors (Lipinski definition) is 1. The molecule has 2 nitrogen and oxygen atoms in total. The van der Waals surface area contributed by atoms with Crippen LogP contribution in [0.5, 0.6) is 0 Å². The predicted octanol–water partition coefficient (Wildman–Crippen LogP) is 1.68. The molecule has 2 N–H and O–H groups in total. The van der Waals surface area contributed by atoms with Crippen LogP contribution in [0.15, 0.2) is 0 Å². The van der Waals surface area contributed by atoms with Gasteiger partial charge >= 0.3 is 0 Å². The second-order valence-electron chi connectivity index (χ2n) is 3.81. The third kappa shape index (κ3) is 2.80. The van der Waals surface area contributed by atoms with Crippen molar-refractivity contribution in [3.05, 3.63) is 0 Å². The summed E-state index contributed by atoms with van der Waals surface area (Å²) in [4.78, 5) is 0. The van der Waals surface area contributed by atoms with Crippen LogP contribution in [0.1, 0.15) is 39.5 Å². The molecule has 1 saturated carbocycles. The summed E-state index contributed by atoms with van der Waals surface area (Å²) in [6.45, 7) is 5.03. The summed E-state index contributed by atoms with van der Waals surface area (Å²) in [6.07, 6.45) is 4.98. The molecular weight excluding hydrogens is 138 g/mol. The smallest absolute Gasteiger partial charge is 0.0576 e.